The van der Waals surface area contributed by atoms with Gasteiger partial charge in [0.15, 0.2) is 5.78 Å². The molecule has 1 atom stereocenters. The third-order valence-corrected chi connectivity index (χ3v) is 3.54. The van der Waals surface area contributed by atoms with Crippen LogP contribution in [0.5, 0.6) is 0 Å². The number of ether oxygens (including phenoxy) is 2. The Morgan fingerprint density at radius 3 is 2.16 bits per heavy atom. The van der Waals surface area contributed by atoms with E-state index in [0.717, 1.165) is 38.5 Å². The highest BCUT2D eigenvalue weighted by molar-refractivity contribution is 5.84. The summed E-state index contributed by atoms with van der Waals surface area (Å²) in [7, 11) is 1.58. The number of ketones is 1. The molecule has 0 aromatic rings. The Bertz CT molecular complexity index is 275. The van der Waals surface area contributed by atoms with Crippen LogP contribution in [0.15, 0.2) is 0 Å². The van der Waals surface area contributed by atoms with Crippen LogP contribution < -0.4 is 0 Å². The second-order valence-electron chi connectivity index (χ2n) is 5.06. The fraction of sp³-hybridized carbons (Fsp3) is 0.867. The number of carbonyl (C=O) groups excluding carboxylic acids is 2. The zero-order chi connectivity index (χ0) is 14.7. The van der Waals surface area contributed by atoms with Crippen LogP contribution in [0.2, 0.25) is 0 Å². The Kier molecular flexibility index (Phi) is 9.48. The molecule has 0 fully saturated rings. The van der Waals surface area contributed by atoms with Crippen molar-refractivity contribution >= 4 is 11.8 Å². The van der Waals surface area contributed by atoms with Crippen molar-refractivity contribution in [2.24, 2.45) is 0 Å². The van der Waals surface area contributed by atoms with Crippen LogP contribution in [-0.4, -0.2) is 31.1 Å². The Balaban J connectivity index is 3.55. The van der Waals surface area contributed by atoms with Crippen LogP contribution >= 0.6 is 0 Å². The fourth-order valence-electron chi connectivity index (χ4n) is 1.92. The lowest BCUT2D eigenvalue weighted by Gasteiger charge is -2.24. The molecule has 4 nitrogen and oxygen atoms in total. The van der Waals surface area contributed by atoms with E-state index in [0.29, 0.717) is 13.0 Å². The lowest BCUT2D eigenvalue weighted by atomic mass is 9.94. The lowest BCUT2D eigenvalue weighted by molar-refractivity contribution is -0.143. The highest BCUT2D eigenvalue weighted by Gasteiger charge is 2.28. The van der Waals surface area contributed by atoms with Gasteiger partial charge in [-0.25, -0.2) is 0 Å². The summed E-state index contributed by atoms with van der Waals surface area (Å²) >= 11 is 0. The Morgan fingerprint density at radius 1 is 1.05 bits per heavy atom. The summed E-state index contributed by atoms with van der Waals surface area (Å²) in [4.78, 5) is 22.5. The number of carbonyl (C=O) groups is 2. The fourth-order valence-corrected chi connectivity index (χ4v) is 1.92. The predicted molar refractivity (Wildman–Crippen MR) is 75.0 cm³/mol. The molecule has 0 amide bonds. The van der Waals surface area contributed by atoms with Crippen LogP contribution in [-0.2, 0) is 19.1 Å². The number of unbranched alkanes of at least 4 members (excludes halogenated alkanes) is 4. The van der Waals surface area contributed by atoms with E-state index in [2.05, 4.69) is 0 Å². The number of esters is 1. The molecule has 4 heteroatoms. The summed E-state index contributed by atoms with van der Waals surface area (Å²) in [5.41, 5.74) is -0.634. The number of hydrogen-bond acceptors (Lipinski definition) is 4. The Morgan fingerprint density at radius 2 is 1.63 bits per heavy atom. The molecule has 0 aliphatic heterocycles. The van der Waals surface area contributed by atoms with Gasteiger partial charge in [-0.05, 0) is 33.6 Å². The first kappa shape index (κ1) is 18.1. The maximum atomic E-state index is 11.4. The standard InChI is InChI=1S/C15H28O4/c1-5-19-14(17)11-9-7-6-8-10-12-15(3,18-4)13(2)16/h5-12H2,1-4H3. The summed E-state index contributed by atoms with van der Waals surface area (Å²) in [6, 6.07) is 0. The van der Waals surface area contributed by atoms with Crippen molar-refractivity contribution in [3.05, 3.63) is 0 Å². The van der Waals surface area contributed by atoms with Crippen molar-refractivity contribution in [2.75, 3.05) is 13.7 Å². The van der Waals surface area contributed by atoms with Gasteiger partial charge in [0.2, 0.25) is 0 Å². The molecule has 0 aromatic carbocycles. The first-order chi connectivity index (χ1) is 8.96. The molecule has 0 aromatic heterocycles. The Hall–Kier alpha value is -0.900. The highest BCUT2D eigenvalue weighted by Crippen LogP contribution is 2.20. The molecule has 112 valence electrons. The van der Waals surface area contributed by atoms with E-state index < -0.39 is 5.60 Å². The van der Waals surface area contributed by atoms with E-state index >= 15 is 0 Å². The minimum Gasteiger partial charge on any atom is -0.466 e. The quantitative estimate of drug-likeness (QED) is 0.428. The summed E-state index contributed by atoms with van der Waals surface area (Å²) < 4.78 is 10.1. The molecule has 19 heavy (non-hydrogen) atoms. The van der Waals surface area contributed by atoms with E-state index in [1.54, 1.807) is 14.0 Å². The molecule has 0 rings (SSSR count). The van der Waals surface area contributed by atoms with Gasteiger partial charge in [0.1, 0.15) is 5.60 Å². The molecule has 0 N–H and O–H groups in total. The van der Waals surface area contributed by atoms with Crippen LogP contribution in [0.1, 0.15) is 65.7 Å². The topological polar surface area (TPSA) is 52.6 Å². The van der Waals surface area contributed by atoms with E-state index in [1.165, 1.54) is 0 Å². The zero-order valence-corrected chi connectivity index (χ0v) is 12.8. The van der Waals surface area contributed by atoms with Gasteiger partial charge in [0.05, 0.1) is 6.61 Å². The van der Waals surface area contributed by atoms with Crippen LogP contribution in [0, 0.1) is 0 Å². The molecule has 1 unspecified atom stereocenters. The van der Waals surface area contributed by atoms with Crippen molar-refractivity contribution in [1.82, 2.24) is 0 Å². The van der Waals surface area contributed by atoms with Gasteiger partial charge in [0.25, 0.3) is 0 Å². The number of hydrogen-bond donors (Lipinski definition) is 0. The smallest absolute Gasteiger partial charge is 0.305 e. The molecule has 0 bridgehead atoms. The molecular formula is C15H28O4. The minimum absolute atomic E-state index is 0.0808. The van der Waals surface area contributed by atoms with Crippen molar-refractivity contribution in [2.45, 2.75) is 71.3 Å². The molecule has 0 aliphatic carbocycles. The second kappa shape index (κ2) is 9.96. The first-order valence-corrected chi connectivity index (χ1v) is 7.18. The molecule has 0 saturated heterocycles. The average molecular weight is 272 g/mol. The normalized spacial score (nSPS) is 13.9. The molecular weight excluding hydrogens is 244 g/mol. The van der Waals surface area contributed by atoms with E-state index in [-0.39, 0.29) is 11.8 Å². The first-order valence-electron chi connectivity index (χ1n) is 7.18. The van der Waals surface area contributed by atoms with Crippen molar-refractivity contribution in [3.8, 4) is 0 Å². The maximum Gasteiger partial charge on any atom is 0.305 e. The van der Waals surface area contributed by atoms with Gasteiger partial charge in [-0.1, -0.05) is 25.7 Å². The van der Waals surface area contributed by atoms with Gasteiger partial charge in [-0.15, -0.1) is 0 Å². The van der Waals surface area contributed by atoms with Gasteiger partial charge < -0.3 is 9.47 Å². The average Bonchev–Trinajstić information content (AvgIpc) is 2.37. The van der Waals surface area contributed by atoms with Crippen molar-refractivity contribution in [1.29, 1.82) is 0 Å². The van der Waals surface area contributed by atoms with E-state index in [1.807, 2.05) is 13.8 Å². The summed E-state index contributed by atoms with van der Waals surface area (Å²) in [6.45, 7) is 5.69. The molecule has 0 radical (unpaired) electrons. The van der Waals surface area contributed by atoms with Gasteiger partial charge in [0, 0.05) is 13.5 Å². The third-order valence-electron chi connectivity index (χ3n) is 3.54. The van der Waals surface area contributed by atoms with Crippen molar-refractivity contribution < 1.29 is 19.1 Å². The number of Topliss-reactive ketones (excluding diaryl/α,β-unsaturated/α-hetero) is 1. The second-order valence-corrected chi connectivity index (χ2v) is 5.06. The van der Waals surface area contributed by atoms with Gasteiger partial charge >= 0.3 is 5.97 Å². The largest absolute Gasteiger partial charge is 0.466 e. The summed E-state index contributed by atoms with van der Waals surface area (Å²) in [6.07, 6.45) is 6.30. The summed E-state index contributed by atoms with van der Waals surface area (Å²) in [5.74, 6) is -0.0247. The lowest BCUT2D eigenvalue weighted by Crippen LogP contribution is -2.35. The zero-order valence-electron chi connectivity index (χ0n) is 12.8. The van der Waals surface area contributed by atoms with Crippen molar-refractivity contribution in [3.63, 3.8) is 0 Å². The number of rotatable bonds is 11. The van der Waals surface area contributed by atoms with Crippen LogP contribution in [0.3, 0.4) is 0 Å². The minimum atomic E-state index is -0.634. The highest BCUT2D eigenvalue weighted by atomic mass is 16.5. The molecule has 0 spiro atoms. The molecule has 0 heterocycles. The van der Waals surface area contributed by atoms with Crippen LogP contribution in [0.25, 0.3) is 0 Å². The van der Waals surface area contributed by atoms with E-state index in [9.17, 15) is 9.59 Å². The van der Waals surface area contributed by atoms with Crippen LogP contribution in [0.4, 0.5) is 0 Å². The number of methoxy groups -OCH3 is 1. The Labute approximate surface area is 116 Å². The molecule has 0 aliphatic rings. The molecule has 0 saturated carbocycles. The van der Waals surface area contributed by atoms with E-state index in [4.69, 9.17) is 9.47 Å². The maximum absolute atomic E-state index is 11.4. The predicted octanol–water partition coefficient (Wildman–Crippen LogP) is 3.27. The monoisotopic (exact) mass is 272 g/mol. The third kappa shape index (κ3) is 7.98. The SMILES string of the molecule is CCOC(=O)CCCCCCCC(C)(OC)C(C)=O. The summed E-state index contributed by atoms with van der Waals surface area (Å²) in [5, 5.41) is 0. The van der Waals surface area contributed by atoms with Gasteiger partial charge in [-0.3, -0.25) is 9.59 Å². The van der Waals surface area contributed by atoms with Gasteiger partial charge in [-0.2, -0.15) is 0 Å².